The van der Waals surface area contributed by atoms with Gasteiger partial charge in [-0.05, 0) is 31.2 Å². The molecule has 2 unspecified atom stereocenters. The number of nitrogens with one attached hydrogen (secondary N) is 1. The second kappa shape index (κ2) is 4.83. The summed E-state index contributed by atoms with van der Waals surface area (Å²) in [5, 5.41) is 12.6. The van der Waals surface area contributed by atoms with Crippen LogP contribution in [0.5, 0.6) is 0 Å². The number of aliphatic hydroxyl groups is 1. The van der Waals surface area contributed by atoms with Crippen molar-refractivity contribution in [2.75, 3.05) is 13.2 Å². The molecule has 0 spiro atoms. The second-order valence-corrected chi connectivity index (χ2v) is 4.28. The van der Waals surface area contributed by atoms with E-state index in [1.807, 2.05) is 0 Å². The summed E-state index contributed by atoms with van der Waals surface area (Å²) in [4.78, 5) is 0. The van der Waals surface area contributed by atoms with E-state index in [1.165, 1.54) is 19.3 Å². The summed E-state index contributed by atoms with van der Waals surface area (Å²) in [7, 11) is 0. The molecule has 0 saturated heterocycles. The molecule has 1 rings (SSSR count). The third-order valence-electron chi connectivity index (χ3n) is 2.68. The van der Waals surface area contributed by atoms with Crippen molar-refractivity contribution < 1.29 is 5.11 Å². The van der Waals surface area contributed by atoms with Crippen LogP contribution in [0.25, 0.3) is 0 Å². The normalized spacial score (nSPS) is 30.0. The van der Waals surface area contributed by atoms with E-state index < -0.39 is 0 Å². The van der Waals surface area contributed by atoms with Gasteiger partial charge >= 0.3 is 0 Å². The molecule has 2 atom stereocenters. The fourth-order valence-corrected chi connectivity index (χ4v) is 1.91. The standard InChI is InChI=1S/C10H21NO/c1-8(2)6-11-10-5-3-4-9(10)7-12/h8-12H,3-7H2,1-2H3. The summed E-state index contributed by atoms with van der Waals surface area (Å²) < 4.78 is 0. The van der Waals surface area contributed by atoms with E-state index in [0.29, 0.717) is 24.5 Å². The third kappa shape index (κ3) is 2.76. The van der Waals surface area contributed by atoms with Crippen molar-refractivity contribution in [3.8, 4) is 0 Å². The van der Waals surface area contributed by atoms with Crippen molar-refractivity contribution in [2.45, 2.75) is 39.2 Å². The van der Waals surface area contributed by atoms with Crippen molar-refractivity contribution in [1.29, 1.82) is 0 Å². The van der Waals surface area contributed by atoms with Gasteiger partial charge < -0.3 is 10.4 Å². The molecule has 2 heteroatoms. The van der Waals surface area contributed by atoms with Gasteiger partial charge in [-0.2, -0.15) is 0 Å². The highest BCUT2D eigenvalue weighted by Crippen LogP contribution is 2.24. The molecule has 1 saturated carbocycles. The Labute approximate surface area is 75.4 Å². The summed E-state index contributed by atoms with van der Waals surface area (Å²) in [5.74, 6) is 1.23. The molecular weight excluding hydrogens is 150 g/mol. The SMILES string of the molecule is CC(C)CNC1CCCC1CO. The maximum atomic E-state index is 9.06. The minimum absolute atomic E-state index is 0.357. The molecule has 0 aromatic rings. The van der Waals surface area contributed by atoms with Gasteiger partial charge in [-0.3, -0.25) is 0 Å². The van der Waals surface area contributed by atoms with Crippen molar-refractivity contribution in [3.63, 3.8) is 0 Å². The predicted molar refractivity (Wildman–Crippen MR) is 51.1 cm³/mol. The van der Waals surface area contributed by atoms with Crippen LogP contribution in [0.2, 0.25) is 0 Å². The highest BCUT2D eigenvalue weighted by molar-refractivity contribution is 4.82. The van der Waals surface area contributed by atoms with E-state index in [9.17, 15) is 0 Å². The maximum Gasteiger partial charge on any atom is 0.0474 e. The van der Waals surface area contributed by atoms with E-state index in [2.05, 4.69) is 19.2 Å². The molecule has 0 aromatic carbocycles. The number of rotatable bonds is 4. The summed E-state index contributed by atoms with van der Waals surface area (Å²) in [6, 6.07) is 0.581. The van der Waals surface area contributed by atoms with Crippen molar-refractivity contribution in [1.82, 2.24) is 5.32 Å². The largest absolute Gasteiger partial charge is 0.396 e. The Kier molecular flexibility index (Phi) is 4.02. The van der Waals surface area contributed by atoms with Crippen LogP contribution < -0.4 is 5.32 Å². The topological polar surface area (TPSA) is 32.3 Å². The quantitative estimate of drug-likeness (QED) is 0.670. The molecule has 0 radical (unpaired) electrons. The first-order chi connectivity index (χ1) is 5.74. The summed E-state index contributed by atoms with van der Waals surface area (Å²) >= 11 is 0. The van der Waals surface area contributed by atoms with Crippen molar-refractivity contribution in [3.05, 3.63) is 0 Å². The zero-order valence-electron chi connectivity index (χ0n) is 8.21. The molecule has 1 fully saturated rings. The molecule has 72 valence electrons. The Morgan fingerprint density at radius 3 is 2.75 bits per heavy atom. The van der Waals surface area contributed by atoms with E-state index >= 15 is 0 Å². The van der Waals surface area contributed by atoms with Crippen LogP contribution in [0.4, 0.5) is 0 Å². The Morgan fingerprint density at radius 2 is 2.17 bits per heavy atom. The van der Waals surface area contributed by atoms with Gasteiger partial charge in [0.2, 0.25) is 0 Å². The lowest BCUT2D eigenvalue weighted by Gasteiger charge is -2.20. The van der Waals surface area contributed by atoms with E-state index in [1.54, 1.807) is 0 Å². The van der Waals surface area contributed by atoms with Gasteiger partial charge in [0.25, 0.3) is 0 Å². The number of hydrogen-bond acceptors (Lipinski definition) is 2. The van der Waals surface area contributed by atoms with Crippen LogP contribution in [-0.2, 0) is 0 Å². The van der Waals surface area contributed by atoms with Crippen LogP contribution in [0.3, 0.4) is 0 Å². The fourth-order valence-electron chi connectivity index (χ4n) is 1.91. The first-order valence-corrected chi connectivity index (χ1v) is 5.08. The van der Waals surface area contributed by atoms with Gasteiger partial charge in [-0.25, -0.2) is 0 Å². The average molecular weight is 171 g/mol. The molecule has 0 amide bonds. The van der Waals surface area contributed by atoms with Gasteiger partial charge in [0.15, 0.2) is 0 Å². The Bertz CT molecular complexity index is 125. The van der Waals surface area contributed by atoms with Crippen LogP contribution in [0.1, 0.15) is 33.1 Å². The molecule has 1 aliphatic rings. The van der Waals surface area contributed by atoms with Gasteiger partial charge in [0.1, 0.15) is 0 Å². The van der Waals surface area contributed by atoms with Gasteiger partial charge in [-0.15, -0.1) is 0 Å². The lowest BCUT2D eigenvalue weighted by molar-refractivity contribution is 0.204. The minimum atomic E-state index is 0.357. The fraction of sp³-hybridized carbons (Fsp3) is 1.00. The zero-order chi connectivity index (χ0) is 8.97. The minimum Gasteiger partial charge on any atom is -0.396 e. The highest BCUT2D eigenvalue weighted by Gasteiger charge is 2.25. The Balaban J connectivity index is 2.21. The molecule has 1 aliphatic carbocycles. The third-order valence-corrected chi connectivity index (χ3v) is 2.68. The molecular formula is C10H21NO. The molecule has 0 bridgehead atoms. The monoisotopic (exact) mass is 171 g/mol. The van der Waals surface area contributed by atoms with Gasteiger partial charge in [0, 0.05) is 12.6 Å². The number of hydrogen-bond donors (Lipinski definition) is 2. The summed E-state index contributed by atoms with van der Waals surface area (Å²) in [5.41, 5.74) is 0. The molecule has 2 nitrogen and oxygen atoms in total. The van der Waals surface area contributed by atoms with Crippen LogP contribution in [-0.4, -0.2) is 24.3 Å². The molecule has 2 N–H and O–H groups in total. The molecule has 12 heavy (non-hydrogen) atoms. The van der Waals surface area contributed by atoms with Crippen molar-refractivity contribution >= 4 is 0 Å². The smallest absolute Gasteiger partial charge is 0.0474 e. The first kappa shape index (κ1) is 10.0. The van der Waals surface area contributed by atoms with Crippen LogP contribution in [0, 0.1) is 11.8 Å². The zero-order valence-corrected chi connectivity index (χ0v) is 8.21. The second-order valence-electron chi connectivity index (χ2n) is 4.28. The van der Waals surface area contributed by atoms with Gasteiger partial charge in [0.05, 0.1) is 0 Å². The van der Waals surface area contributed by atoms with Crippen LogP contribution >= 0.6 is 0 Å². The van der Waals surface area contributed by atoms with Crippen LogP contribution in [0.15, 0.2) is 0 Å². The number of aliphatic hydroxyl groups excluding tert-OH is 1. The Hall–Kier alpha value is -0.0800. The van der Waals surface area contributed by atoms with E-state index in [4.69, 9.17) is 5.11 Å². The Morgan fingerprint density at radius 1 is 1.42 bits per heavy atom. The van der Waals surface area contributed by atoms with E-state index in [-0.39, 0.29) is 0 Å². The maximum absolute atomic E-state index is 9.06. The summed E-state index contributed by atoms with van der Waals surface area (Å²) in [6.07, 6.45) is 3.73. The van der Waals surface area contributed by atoms with Gasteiger partial charge in [-0.1, -0.05) is 20.3 Å². The predicted octanol–water partition coefficient (Wildman–Crippen LogP) is 1.39. The van der Waals surface area contributed by atoms with E-state index in [0.717, 1.165) is 6.54 Å². The first-order valence-electron chi connectivity index (χ1n) is 5.08. The average Bonchev–Trinajstić information content (AvgIpc) is 2.47. The molecule has 0 aromatic heterocycles. The van der Waals surface area contributed by atoms with Crippen molar-refractivity contribution in [2.24, 2.45) is 11.8 Å². The molecule has 0 aliphatic heterocycles. The lowest BCUT2D eigenvalue weighted by Crippen LogP contribution is -2.36. The highest BCUT2D eigenvalue weighted by atomic mass is 16.3. The summed E-state index contributed by atoms with van der Waals surface area (Å²) in [6.45, 7) is 5.88. The molecule has 0 heterocycles. The lowest BCUT2D eigenvalue weighted by atomic mass is 10.0.